The molecule has 0 aliphatic heterocycles. The van der Waals surface area contributed by atoms with E-state index in [4.69, 9.17) is 5.73 Å². The molecule has 5 nitrogen and oxygen atoms in total. The summed E-state index contributed by atoms with van der Waals surface area (Å²) in [5, 5.41) is 9.35. The molecule has 18 heavy (non-hydrogen) atoms. The van der Waals surface area contributed by atoms with Crippen molar-refractivity contribution in [1.29, 1.82) is 0 Å². The van der Waals surface area contributed by atoms with E-state index >= 15 is 0 Å². The Kier molecular flexibility index (Phi) is 5.07. The molecule has 0 bridgehead atoms. The normalized spacial score (nSPS) is 18.7. The van der Waals surface area contributed by atoms with E-state index in [1.54, 1.807) is 0 Å². The van der Waals surface area contributed by atoms with Gasteiger partial charge in [-0.1, -0.05) is 23.8 Å². The van der Waals surface area contributed by atoms with Gasteiger partial charge in [-0.05, 0) is 30.3 Å². The van der Waals surface area contributed by atoms with Crippen LogP contribution in [0.2, 0.25) is 0 Å². The Morgan fingerprint density at radius 1 is 1.50 bits per heavy atom. The van der Waals surface area contributed by atoms with Gasteiger partial charge in [-0.25, -0.2) is 0 Å². The van der Waals surface area contributed by atoms with Crippen molar-refractivity contribution in [2.45, 2.75) is 51.1 Å². The molecule has 1 aliphatic carbocycles. The molecule has 1 saturated carbocycles. The fourth-order valence-corrected chi connectivity index (χ4v) is 3.11. The van der Waals surface area contributed by atoms with E-state index in [0.29, 0.717) is 18.9 Å². The average molecular weight is 268 g/mol. The first-order valence-corrected chi connectivity index (χ1v) is 7.37. The molecule has 0 spiro atoms. The largest absolute Gasteiger partial charge is 0.370 e. The molecule has 1 amide bonds. The third-order valence-corrected chi connectivity index (χ3v) is 4.14. The summed E-state index contributed by atoms with van der Waals surface area (Å²) in [6, 6.07) is 0.185. The van der Waals surface area contributed by atoms with Crippen LogP contribution in [0.5, 0.6) is 0 Å². The van der Waals surface area contributed by atoms with Gasteiger partial charge in [-0.3, -0.25) is 4.79 Å². The second kappa shape index (κ2) is 6.80. The van der Waals surface area contributed by atoms with Crippen LogP contribution in [-0.4, -0.2) is 21.5 Å². The number of carbonyl (C=O) groups excluding carboxylic acids is 1. The summed E-state index contributed by atoms with van der Waals surface area (Å²) < 4.78 is 3.83. The Balaban J connectivity index is 1.89. The van der Waals surface area contributed by atoms with Crippen LogP contribution in [0.15, 0.2) is 5.38 Å². The summed E-state index contributed by atoms with van der Waals surface area (Å²) in [6.07, 6.45) is 6.65. The fraction of sp³-hybridized carbons (Fsp3) is 0.750. The minimum atomic E-state index is -0.227. The first-order valence-electron chi connectivity index (χ1n) is 6.53. The number of primary amides is 1. The van der Waals surface area contributed by atoms with Crippen molar-refractivity contribution in [1.82, 2.24) is 14.9 Å². The number of hydrogen-bond acceptors (Lipinski definition) is 5. The topological polar surface area (TPSA) is 80.9 Å². The van der Waals surface area contributed by atoms with Crippen molar-refractivity contribution in [2.24, 2.45) is 11.7 Å². The lowest BCUT2D eigenvalue weighted by Crippen LogP contribution is -2.40. The van der Waals surface area contributed by atoms with Gasteiger partial charge in [-0.15, -0.1) is 5.10 Å². The molecular weight excluding hydrogens is 248 g/mol. The molecule has 1 unspecified atom stereocenters. The quantitative estimate of drug-likeness (QED) is 0.818. The minimum absolute atomic E-state index is 0.185. The lowest BCUT2D eigenvalue weighted by molar-refractivity contribution is -0.118. The van der Waals surface area contributed by atoms with Gasteiger partial charge >= 0.3 is 0 Å². The minimum Gasteiger partial charge on any atom is -0.370 e. The number of aromatic nitrogens is 2. The summed E-state index contributed by atoms with van der Waals surface area (Å²) in [5.74, 6) is 0.340. The molecule has 1 heterocycles. The number of nitrogens with zero attached hydrogens (tertiary/aromatic N) is 2. The highest BCUT2D eigenvalue weighted by atomic mass is 32.1. The number of nitrogens with two attached hydrogens (primary N) is 1. The summed E-state index contributed by atoms with van der Waals surface area (Å²) in [6.45, 7) is 0.672. The van der Waals surface area contributed by atoms with Crippen molar-refractivity contribution in [3.8, 4) is 0 Å². The molecular formula is C12H20N4OS. The monoisotopic (exact) mass is 268 g/mol. The van der Waals surface area contributed by atoms with Crippen LogP contribution in [0.25, 0.3) is 0 Å². The first-order chi connectivity index (χ1) is 8.75. The Morgan fingerprint density at radius 2 is 2.28 bits per heavy atom. The molecule has 1 aromatic rings. The van der Waals surface area contributed by atoms with E-state index in [1.165, 1.54) is 43.6 Å². The maximum atomic E-state index is 11.2. The average Bonchev–Trinajstić information content (AvgIpc) is 2.88. The SMILES string of the molecule is NC(=O)CC(NCc1csnn1)C1CCCCC1. The van der Waals surface area contributed by atoms with Gasteiger partial charge in [0.1, 0.15) is 0 Å². The molecule has 1 aromatic heterocycles. The van der Waals surface area contributed by atoms with Crippen LogP contribution < -0.4 is 11.1 Å². The van der Waals surface area contributed by atoms with E-state index < -0.39 is 0 Å². The second-order valence-corrected chi connectivity index (χ2v) is 5.56. The summed E-state index contributed by atoms with van der Waals surface area (Å²) in [4.78, 5) is 11.2. The fourth-order valence-electron chi connectivity index (χ4n) is 2.66. The highest BCUT2D eigenvalue weighted by Gasteiger charge is 2.24. The lowest BCUT2D eigenvalue weighted by atomic mass is 9.82. The molecule has 6 heteroatoms. The van der Waals surface area contributed by atoms with Crippen LogP contribution in [0.4, 0.5) is 0 Å². The highest BCUT2D eigenvalue weighted by Crippen LogP contribution is 2.27. The van der Waals surface area contributed by atoms with Gasteiger partial charge in [0, 0.05) is 24.4 Å². The van der Waals surface area contributed by atoms with Gasteiger partial charge in [0.05, 0.1) is 5.69 Å². The van der Waals surface area contributed by atoms with Gasteiger partial charge in [-0.2, -0.15) is 0 Å². The van der Waals surface area contributed by atoms with Crippen molar-refractivity contribution in [3.05, 3.63) is 11.1 Å². The number of hydrogen-bond donors (Lipinski definition) is 2. The molecule has 1 fully saturated rings. The zero-order valence-electron chi connectivity index (χ0n) is 10.5. The predicted octanol–water partition coefficient (Wildman–Crippen LogP) is 1.45. The Hall–Kier alpha value is -1.01. The zero-order chi connectivity index (χ0) is 12.8. The van der Waals surface area contributed by atoms with Crippen LogP contribution in [0.1, 0.15) is 44.2 Å². The molecule has 3 N–H and O–H groups in total. The number of amides is 1. The Labute approximate surface area is 111 Å². The van der Waals surface area contributed by atoms with Crippen molar-refractivity contribution in [2.75, 3.05) is 0 Å². The summed E-state index contributed by atoms with van der Waals surface area (Å²) in [5.41, 5.74) is 6.28. The van der Waals surface area contributed by atoms with Crippen LogP contribution in [0.3, 0.4) is 0 Å². The van der Waals surface area contributed by atoms with Crippen molar-refractivity contribution in [3.63, 3.8) is 0 Å². The third kappa shape index (κ3) is 4.03. The van der Waals surface area contributed by atoms with Crippen molar-refractivity contribution < 1.29 is 4.79 Å². The molecule has 2 rings (SSSR count). The second-order valence-electron chi connectivity index (χ2n) is 4.95. The number of carbonyl (C=O) groups is 1. The lowest BCUT2D eigenvalue weighted by Gasteiger charge is -2.30. The number of rotatable bonds is 6. The standard InChI is InChI=1S/C12H20N4OS/c13-12(17)6-11(9-4-2-1-3-5-9)14-7-10-8-18-16-15-10/h8-9,11,14H,1-7H2,(H2,13,17). The molecule has 0 saturated heterocycles. The van der Waals surface area contributed by atoms with Crippen LogP contribution >= 0.6 is 11.5 Å². The predicted molar refractivity (Wildman–Crippen MR) is 70.9 cm³/mol. The van der Waals surface area contributed by atoms with E-state index in [0.717, 1.165) is 5.69 Å². The summed E-state index contributed by atoms with van der Waals surface area (Å²) >= 11 is 1.35. The van der Waals surface area contributed by atoms with E-state index in [9.17, 15) is 4.79 Å². The van der Waals surface area contributed by atoms with Crippen LogP contribution in [-0.2, 0) is 11.3 Å². The third-order valence-electron chi connectivity index (χ3n) is 3.59. The van der Waals surface area contributed by atoms with Gasteiger partial charge < -0.3 is 11.1 Å². The van der Waals surface area contributed by atoms with Gasteiger partial charge in [0.2, 0.25) is 5.91 Å². The van der Waals surface area contributed by atoms with Gasteiger partial charge in [0.15, 0.2) is 0 Å². The number of nitrogens with one attached hydrogen (secondary N) is 1. The Morgan fingerprint density at radius 3 is 2.89 bits per heavy atom. The highest BCUT2D eigenvalue weighted by molar-refractivity contribution is 7.03. The molecule has 0 radical (unpaired) electrons. The first kappa shape index (κ1) is 13.4. The maximum Gasteiger partial charge on any atom is 0.218 e. The molecule has 1 aliphatic rings. The smallest absolute Gasteiger partial charge is 0.218 e. The molecule has 0 aromatic carbocycles. The summed E-state index contributed by atoms with van der Waals surface area (Å²) in [7, 11) is 0. The van der Waals surface area contributed by atoms with Crippen molar-refractivity contribution >= 4 is 17.4 Å². The Bertz CT molecular complexity index is 362. The van der Waals surface area contributed by atoms with Crippen LogP contribution in [0, 0.1) is 5.92 Å². The molecule has 1 atom stereocenters. The van der Waals surface area contributed by atoms with E-state index in [-0.39, 0.29) is 11.9 Å². The molecule has 100 valence electrons. The van der Waals surface area contributed by atoms with E-state index in [1.807, 2.05) is 5.38 Å². The van der Waals surface area contributed by atoms with E-state index in [2.05, 4.69) is 14.9 Å². The maximum absolute atomic E-state index is 11.2. The zero-order valence-corrected chi connectivity index (χ0v) is 11.3. The van der Waals surface area contributed by atoms with Gasteiger partial charge in [0.25, 0.3) is 0 Å².